The summed E-state index contributed by atoms with van der Waals surface area (Å²) in [5.74, 6) is 0.894. The molecular formula is C17H20BrNO. The fraction of sp³-hybridized carbons (Fsp3) is 0.294. The summed E-state index contributed by atoms with van der Waals surface area (Å²) in [5.41, 5.74) is 4.99. The van der Waals surface area contributed by atoms with Gasteiger partial charge in [0.05, 0.1) is 13.2 Å². The minimum atomic E-state index is 0.113. The largest absolute Gasteiger partial charge is 0.496 e. The van der Waals surface area contributed by atoms with Gasteiger partial charge in [-0.3, -0.25) is 0 Å². The smallest absolute Gasteiger partial charge is 0.124 e. The molecule has 3 heteroatoms. The Balaban J connectivity index is 2.51. The number of hydrogen-bond acceptors (Lipinski definition) is 2. The van der Waals surface area contributed by atoms with Crippen molar-refractivity contribution in [3.8, 4) is 5.75 Å². The lowest BCUT2D eigenvalue weighted by atomic mass is 9.95. The summed E-state index contributed by atoms with van der Waals surface area (Å²) >= 11 is 3.54. The van der Waals surface area contributed by atoms with E-state index < -0.39 is 0 Å². The Kier molecular flexibility index (Phi) is 4.84. The summed E-state index contributed by atoms with van der Waals surface area (Å²) in [7, 11) is 3.68. The molecule has 0 aliphatic carbocycles. The molecule has 2 rings (SSSR count). The van der Waals surface area contributed by atoms with Gasteiger partial charge >= 0.3 is 0 Å². The van der Waals surface area contributed by atoms with E-state index in [1.54, 1.807) is 7.11 Å². The number of rotatable bonds is 4. The van der Waals surface area contributed by atoms with Crippen molar-refractivity contribution in [1.29, 1.82) is 0 Å². The number of methoxy groups -OCH3 is 1. The summed E-state index contributed by atoms with van der Waals surface area (Å²) in [6.45, 7) is 4.27. The summed E-state index contributed by atoms with van der Waals surface area (Å²) in [4.78, 5) is 0. The molecule has 0 fully saturated rings. The van der Waals surface area contributed by atoms with Crippen LogP contribution in [-0.4, -0.2) is 14.2 Å². The maximum Gasteiger partial charge on any atom is 0.124 e. The quantitative estimate of drug-likeness (QED) is 0.896. The highest BCUT2D eigenvalue weighted by atomic mass is 79.9. The van der Waals surface area contributed by atoms with Crippen LogP contribution in [0.5, 0.6) is 5.75 Å². The van der Waals surface area contributed by atoms with Gasteiger partial charge in [0.2, 0.25) is 0 Å². The maximum atomic E-state index is 5.50. The van der Waals surface area contributed by atoms with Gasteiger partial charge in [-0.2, -0.15) is 0 Å². The van der Waals surface area contributed by atoms with Crippen LogP contribution in [0.25, 0.3) is 0 Å². The van der Waals surface area contributed by atoms with Crippen LogP contribution in [0.15, 0.2) is 40.9 Å². The van der Waals surface area contributed by atoms with Crippen molar-refractivity contribution < 1.29 is 4.74 Å². The topological polar surface area (TPSA) is 21.3 Å². The summed E-state index contributed by atoms with van der Waals surface area (Å²) < 4.78 is 6.55. The third-order valence-electron chi connectivity index (χ3n) is 3.66. The lowest BCUT2D eigenvalue weighted by molar-refractivity contribution is 0.405. The van der Waals surface area contributed by atoms with Crippen molar-refractivity contribution in [2.45, 2.75) is 19.9 Å². The molecular weight excluding hydrogens is 314 g/mol. The van der Waals surface area contributed by atoms with Gasteiger partial charge in [-0.1, -0.05) is 34.1 Å². The first-order valence-corrected chi connectivity index (χ1v) is 7.44. The average Bonchev–Trinajstić information content (AvgIpc) is 2.44. The Morgan fingerprint density at radius 3 is 2.40 bits per heavy atom. The van der Waals surface area contributed by atoms with E-state index in [0.717, 1.165) is 15.8 Å². The van der Waals surface area contributed by atoms with Gasteiger partial charge in [0.25, 0.3) is 0 Å². The molecule has 1 atom stereocenters. The molecule has 0 aliphatic rings. The highest BCUT2D eigenvalue weighted by Gasteiger charge is 2.17. The number of nitrogens with one attached hydrogen (secondary N) is 1. The third-order valence-corrected chi connectivity index (χ3v) is 4.15. The molecule has 0 bridgehead atoms. The number of benzene rings is 2. The predicted molar refractivity (Wildman–Crippen MR) is 87.5 cm³/mol. The molecule has 106 valence electrons. The van der Waals surface area contributed by atoms with E-state index in [9.17, 15) is 0 Å². The highest BCUT2D eigenvalue weighted by Crippen LogP contribution is 2.32. The lowest BCUT2D eigenvalue weighted by Crippen LogP contribution is -2.18. The van der Waals surface area contributed by atoms with Gasteiger partial charge in [-0.25, -0.2) is 0 Å². The first kappa shape index (κ1) is 15.1. The molecule has 0 amide bonds. The Labute approximate surface area is 129 Å². The molecule has 0 radical (unpaired) electrons. The van der Waals surface area contributed by atoms with Crippen LogP contribution >= 0.6 is 15.9 Å². The van der Waals surface area contributed by atoms with Crippen molar-refractivity contribution in [3.05, 3.63) is 63.1 Å². The molecule has 20 heavy (non-hydrogen) atoms. The SMILES string of the molecule is CNC(c1ccc(C)c(C)c1)c1cc(Br)ccc1OC. The zero-order chi connectivity index (χ0) is 14.7. The lowest BCUT2D eigenvalue weighted by Gasteiger charge is -2.21. The first-order chi connectivity index (χ1) is 9.56. The summed E-state index contributed by atoms with van der Waals surface area (Å²) in [5, 5.41) is 3.38. The van der Waals surface area contributed by atoms with E-state index in [0.29, 0.717) is 0 Å². The van der Waals surface area contributed by atoms with Crippen molar-refractivity contribution in [2.24, 2.45) is 0 Å². The predicted octanol–water partition coefficient (Wildman–Crippen LogP) is 4.38. The molecule has 0 aliphatic heterocycles. The zero-order valence-electron chi connectivity index (χ0n) is 12.3. The molecule has 0 spiro atoms. The number of hydrogen-bond donors (Lipinski definition) is 1. The van der Waals surface area contributed by atoms with E-state index in [4.69, 9.17) is 4.74 Å². The minimum Gasteiger partial charge on any atom is -0.496 e. The number of ether oxygens (including phenoxy) is 1. The van der Waals surface area contributed by atoms with Gasteiger partial charge in [0.1, 0.15) is 5.75 Å². The molecule has 2 nitrogen and oxygen atoms in total. The second kappa shape index (κ2) is 6.42. The number of aryl methyl sites for hydroxylation is 2. The van der Waals surface area contributed by atoms with E-state index in [-0.39, 0.29) is 6.04 Å². The van der Waals surface area contributed by atoms with Crippen LogP contribution < -0.4 is 10.1 Å². The van der Waals surface area contributed by atoms with E-state index >= 15 is 0 Å². The van der Waals surface area contributed by atoms with Gasteiger partial charge in [0, 0.05) is 10.0 Å². The standard InChI is InChI=1S/C17H20BrNO/c1-11-5-6-13(9-12(11)2)17(19-3)15-10-14(18)7-8-16(15)20-4/h5-10,17,19H,1-4H3. The Bertz CT molecular complexity index is 610. The zero-order valence-corrected chi connectivity index (χ0v) is 13.9. The molecule has 2 aromatic rings. The van der Waals surface area contributed by atoms with Crippen LogP contribution in [0, 0.1) is 13.8 Å². The second-order valence-electron chi connectivity index (χ2n) is 4.95. The van der Waals surface area contributed by atoms with Gasteiger partial charge < -0.3 is 10.1 Å². The maximum absolute atomic E-state index is 5.50. The fourth-order valence-electron chi connectivity index (χ4n) is 2.38. The molecule has 0 heterocycles. The first-order valence-electron chi connectivity index (χ1n) is 6.64. The van der Waals surface area contributed by atoms with Crippen LogP contribution in [-0.2, 0) is 0 Å². The van der Waals surface area contributed by atoms with E-state index in [1.807, 2.05) is 19.2 Å². The van der Waals surface area contributed by atoms with Gasteiger partial charge in [-0.05, 0) is 55.8 Å². The fourth-order valence-corrected chi connectivity index (χ4v) is 2.76. The molecule has 0 saturated heterocycles. The molecule has 0 aromatic heterocycles. The molecule has 1 N–H and O–H groups in total. The van der Waals surface area contributed by atoms with Crippen LogP contribution in [0.3, 0.4) is 0 Å². The van der Waals surface area contributed by atoms with Crippen LogP contribution in [0.2, 0.25) is 0 Å². The monoisotopic (exact) mass is 333 g/mol. The van der Waals surface area contributed by atoms with Crippen molar-refractivity contribution in [1.82, 2.24) is 5.32 Å². The summed E-state index contributed by atoms with van der Waals surface area (Å²) in [6, 6.07) is 12.8. The molecule has 1 unspecified atom stereocenters. The average molecular weight is 334 g/mol. The van der Waals surface area contributed by atoms with Crippen molar-refractivity contribution in [3.63, 3.8) is 0 Å². The normalized spacial score (nSPS) is 12.2. The van der Waals surface area contributed by atoms with Gasteiger partial charge in [-0.15, -0.1) is 0 Å². The van der Waals surface area contributed by atoms with E-state index in [2.05, 4.69) is 59.4 Å². The Hall–Kier alpha value is -1.32. The number of halogens is 1. The Morgan fingerprint density at radius 1 is 1.05 bits per heavy atom. The highest BCUT2D eigenvalue weighted by molar-refractivity contribution is 9.10. The Morgan fingerprint density at radius 2 is 1.80 bits per heavy atom. The summed E-state index contributed by atoms with van der Waals surface area (Å²) in [6.07, 6.45) is 0. The minimum absolute atomic E-state index is 0.113. The van der Waals surface area contributed by atoms with E-state index in [1.165, 1.54) is 16.7 Å². The van der Waals surface area contributed by atoms with Crippen molar-refractivity contribution in [2.75, 3.05) is 14.2 Å². The van der Waals surface area contributed by atoms with Crippen LogP contribution in [0.1, 0.15) is 28.3 Å². The molecule has 2 aromatic carbocycles. The molecule has 0 saturated carbocycles. The second-order valence-corrected chi connectivity index (χ2v) is 5.87. The van der Waals surface area contributed by atoms with Crippen molar-refractivity contribution >= 4 is 15.9 Å². The van der Waals surface area contributed by atoms with Crippen LogP contribution in [0.4, 0.5) is 0 Å². The van der Waals surface area contributed by atoms with Gasteiger partial charge in [0.15, 0.2) is 0 Å². The third kappa shape index (κ3) is 3.05.